The van der Waals surface area contributed by atoms with Crippen molar-refractivity contribution in [2.45, 2.75) is 52.1 Å². The number of rotatable bonds is 5. The molecule has 4 aromatic rings. The number of para-hydroxylation sites is 1. The van der Waals surface area contributed by atoms with Crippen molar-refractivity contribution in [2.75, 3.05) is 11.1 Å². The smallest absolute Gasteiger partial charge is 0.267 e. The summed E-state index contributed by atoms with van der Waals surface area (Å²) in [6, 6.07) is 15.0. The Morgan fingerprint density at radius 2 is 1.92 bits per heavy atom. The lowest BCUT2D eigenvalue weighted by Gasteiger charge is -2.33. The molecule has 2 aromatic carbocycles. The van der Waals surface area contributed by atoms with E-state index in [0.29, 0.717) is 21.8 Å². The van der Waals surface area contributed by atoms with E-state index in [1.165, 1.54) is 16.6 Å². The number of aromatic nitrogens is 2. The van der Waals surface area contributed by atoms with Crippen LogP contribution in [0, 0.1) is 18.3 Å². The van der Waals surface area contributed by atoms with Gasteiger partial charge in [0.15, 0.2) is 5.16 Å². The van der Waals surface area contributed by atoms with Gasteiger partial charge in [-0.25, -0.2) is 4.98 Å². The Bertz CT molecular complexity index is 1530. The summed E-state index contributed by atoms with van der Waals surface area (Å²) in [5.74, 6) is 0.475. The third kappa shape index (κ3) is 5.35. The molecule has 2 aromatic heterocycles. The molecule has 1 unspecified atom stereocenters. The third-order valence-corrected chi connectivity index (χ3v) is 9.47. The van der Waals surface area contributed by atoms with E-state index in [0.717, 1.165) is 46.3 Å². The highest BCUT2D eigenvalue weighted by Crippen LogP contribution is 2.42. The van der Waals surface area contributed by atoms with Crippen LogP contribution in [0.1, 0.15) is 43.2 Å². The van der Waals surface area contributed by atoms with Gasteiger partial charge in [0.1, 0.15) is 4.83 Å². The maximum absolute atomic E-state index is 14.0. The van der Waals surface area contributed by atoms with Gasteiger partial charge in [0, 0.05) is 4.88 Å². The first kappa shape index (κ1) is 26.0. The normalized spacial score (nSPS) is 15.5. The number of fused-ring (bicyclic) bond motifs is 3. The van der Waals surface area contributed by atoms with Gasteiger partial charge < -0.3 is 5.32 Å². The van der Waals surface area contributed by atoms with Crippen LogP contribution in [0.4, 0.5) is 5.69 Å². The van der Waals surface area contributed by atoms with Gasteiger partial charge in [0.05, 0.1) is 27.5 Å². The molecule has 0 aliphatic heterocycles. The molecule has 0 bridgehead atoms. The summed E-state index contributed by atoms with van der Waals surface area (Å²) in [7, 11) is 0. The van der Waals surface area contributed by atoms with Crippen molar-refractivity contribution in [1.29, 1.82) is 0 Å². The number of anilines is 1. The lowest BCUT2D eigenvalue weighted by molar-refractivity contribution is -0.113. The topological polar surface area (TPSA) is 64.0 Å². The molecule has 0 saturated carbocycles. The van der Waals surface area contributed by atoms with Crippen LogP contribution in [0.3, 0.4) is 0 Å². The largest absolute Gasteiger partial charge is 0.324 e. The first-order valence-corrected chi connectivity index (χ1v) is 14.6. The molecule has 5 nitrogen and oxygen atoms in total. The molecule has 0 fully saturated rings. The van der Waals surface area contributed by atoms with E-state index in [-0.39, 0.29) is 22.6 Å². The first-order valence-electron chi connectivity index (χ1n) is 12.4. The van der Waals surface area contributed by atoms with E-state index in [2.05, 4.69) is 26.1 Å². The van der Waals surface area contributed by atoms with E-state index in [4.69, 9.17) is 16.6 Å². The zero-order chi connectivity index (χ0) is 26.3. The number of halogens is 1. The fraction of sp³-hybridized carbons (Fsp3) is 0.345. The fourth-order valence-electron chi connectivity index (χ4n) is 4.84. The third-order valence-electron chi connectivity index (χ3n) is 7.05. The van der Waals surface area contributed by atoms with Gasteiger partial charge in [-0.1, -0.05) is 74.0 Å². The molecule has 1 atom stereocenters. The number of thioether (sulfide) groups is 1. The Labute approximate surface area is 230 Å². The highest BCUT2D eigenvalue weighted by atomic mass is 35.5. The van der Waals surface area contributed by atoms with Crippen LogP contribution in [-0.4, -0.2) is 21.2 Å². The van der Waals surface area contributed by atoms with Gasteiger partial charge in [-0.05, 0) is 67.3 Å². The van der Waals surface area contributed by atoms with E-state index in [1.54, 1.807) is 28.0 Å². The molecule has 5 rings (SSSR count). The highest BCUT2D eigenvalue weighted by molar-refractivity contribution is 7.99. The van der Waals surface area contributed by atoms with Crippen LogP contribution < -0.4 is 10.9 Å². The van der Waals surface area contributed by atoms with Crippen molar-refractivity contribution >= 4 is 56.5 Å². The molecule has 37 heavy (non-hydrogen) atoms. The number of amides is 1. The van der Waals surface area contributed by atoms with Crippen LogP contribution in [0.15, 0.2) is 58.5 Å². The highest BCUT2D eigenvalue weighted by Gasteiger charge is 2.32. The van der Waals surface area contributed by atoms with Crippen molar-refractivity contribution in [3.63, 3.8) is 0 Å². The predicted octanol–water partition coefficient (Wildman–Crippen LogP) is 7.29. The molecule has 192 valence electrons. The van der Waals surface area contributed by atoms with Crippen molar-refractivity contribution in [3.8, 4) is 5.69 Å². The minimum absolute atomic E-state index is 0.0606. The number of carbonyl (C=O) groups is 1. The molecule has 8 heteroatoms. The second-order valence-electron chi connectivity index (χ2n) is 10.7. The average Bonchev–Trinajstić information content (AvgIpc) is 3.22. The van der Waals surface area contributed by atoms with E-state index in [1.807, 2.05) is 43.3 Å². The van der Waals surface area contributed by atoms with Gasteiger partial charge in [0.2, 0.25) is 5.91 Å². The number of hydrogen-bond acceptors (Lipinski definition) is 5. The minimum Gasteiger partial charge on any atom is -0.324 e. The molecule has 1 amide bonds. The Hall–Kier alpha value is -2.61. The summed E-state index contributed by atoms with van der Waals surface area (Å²) in [5.41, 5.74) is 3.75. The quantitative estimate of drug-likeness (QED) is 0.209. The average molecular weight is 552 g/mol. The Morgan fingerprint density at radius 3 is 2.62 bits per heavy atom. The summed E-state index contributed by atoms with van der Waals surface area (Å²) in [6.07, 6.45) is 2.95. The van der Waals surface area contributed by atoms with Gasteiger partial charge >= 0.3 is 0 Å². The number of thiophene rings is 1. The van der Waals surface area contributed by atoms with Gasteiger partial charge in [-0.2, -0.15) is 0 Å². The van der Waals surface area contributed by atoms with Crippen LogP contribution in [0.5, 0.6) is 0 Å². The number of nitrogens with one attached hydrogen (secondary N) is 1. The van der Waals surface area contributed by atoms with Gasteiger partial charge in [0.25, 0.3) is 5.56 Å². The molecule has 0 spiro atoms. The summed E-state index contributed by atoms with van der Waals surface area (Å²) in [4.78, 5) is 33.8. The first-order chi connectivity index (χ1) is 17.6. The standard InChI is InChI=1S/C29H30ClN3O2S2/c1-17-9-12-19(13-10-17)33-27(35)25-20-14-11-18(29(2,3)4)15-23(20)37-26(25)32-28(33)36-16-24(34)31-22-8-6-5-7-21(22)30/h5-10,12-13,18H,11,14-16H2,1-4H3,(H,31,34). The van der Waals surface area contributed by atoms with Crippen LogP contribution in [0.25, 0.3) is 15.9 Å². The lowest BCUT2D eigenvalue weighted by atomic mass is 9.72. The molecular weight excluding hydrogens is 522 g/mol. The van der Waals surface area contributed by atoms with Crippen LogP contribution in [0.2, 0.25) is 5.02 Å². The van der Waals surface area contributed by atoms with Crippen molar-refractivity contribution in [1.82, 2.24) is 9.55 Å². The molecular formula is C29H30ClN3O2S2. The summed E-state index contributed by atoms with van der Waals surface area (Å²) >= 11 is 9.10. The number of hydrogen-bond donors (Lipinski definition) is 1. The van der Waals surface area contributed by atoms with Crippen molar-refractivity contribution < 1.29 is 4.79 Å². The summed E-state index contributed by atoms with van der Waals surface area (Å²) in [6.45, 7) is 8.90. The fourth-order valence-corrected chi connectivity index (χ4v) is 7.18. The van der Waals surface area contributed by atoms with E-state index < -0.39 is 0 Å². The van der Waals surface area contributed by atoms with E-state index >= 15 is 0 Å². The minimum atomic E-state index is -0.207. The molecule has 1 aliphatic rings. The van der Waals surface area contributed by atoms with Gasteiger partial charge in [-0.15, -0.1) is 11.3 Å². The number of carbonyl (C=O) groups excluding carboxylic acids is 1. The summed E-state index contributed by atoms with van der Waals surface area (Å²) in [5, 5.41) is 4.58. The monoisotopic (exact) mass is 551 g/mol. The van der Waals surface area contributed by atoms with Gasteiger partial charge in [-0.3, -0.25) is 14.2 Å². The molecule has 0 saturated heterocycles. The van der Waals surface area contributed by atoms with Crippen molar-refractivity contribution in [3.05, 3.63) is 79.9 Å². The second-order valence-corrected chi connectivity index (χ2v) is 13.1. The van der Waals surface area contributed by atoms with Crippen LogP contribution >= 0.6 is 34.7 Å². The second kappa shape index (κ2) is 10.3. The maximum Gasteiger partial charge on any atom is 0.267 e. The predicted molar refractivity (Wildman–Crippen MR) is 156 cm³/mol. The maximum atomic E-state index is 14.0. The molecule has 0 radical (unpaired) electrons. The number of nitrogens with zero attached hydrogens (tertiary/aromatic N) is 2. The SMILES string of the molecule is Cc1ccc(-n2c(SCC(=O)Nc3ccccc3Cl)nc3sc4c(c3c2=O)CCC(C(C)(C)C)C4)cc1. The van der Waals surface area contributed by atoms with E-state index in [9.17, 15) is 9.59 Å². The Kier molecular flexibility index (Phi) is 7.22. The van der Waals surface area contributed by atoms with Crippen LogP contribution in [-0.2, 0) is 17.6 Å². The Morgan fingerprint density at radius 1 is 1.19 bits per heavy atom. The Balaban J connectivity index is 1.53. The van der Waals surface area contributed by atoms with Crippen molar-refractivity contribution in [2.24, 2.45) is 11.3 Å². The number of benzene rings is 2. The number of aryl methyl sites for hydroxylation is 2. The molecule has 1 aliphatic carbocycles. The zero-order valence-corrected chi connectivity index (χ0v) is 23.8. The molecule has 2 heterocycles. The lowest BCUT2D eigenvalue weighted by Crippen LogP contribution is -2.27. The molecule has 1 N–H and O–H groups in total. The summed E-state index contributed by atoms with van der Waals surface area (Å²) < 4.78 is 1.66. The zero-order valence-electron chi connectivity index (χ0n) is 21.4.